The highest BCUT2D eigenvalue weighted by Crippen LogP contribution is 2.30. The third-order valence-corrected chi connectivity index (χ3v) is 5.08. The minimum atomic E-state index is 0.352. The second kappa shape index (κ2) is 6.27. The molecular formula is C18H14BrI. The fourth-order valence-corrected chi connectivity index (χ4v) is 3.47. The largest absolute Gasteiger partial charge is 0.0835 e. The van der Waals surface area contributed by atoms with Crippen LogP contribution in [0.3, 0.4) is 0 Å². The number of hydrogen-bond donors (Lipinski definition) is 0. The maximum atomic E-state index is 3.83. The third-order valence-electron chi connectivity index (χ3n) is 3.51. The lowest BCUT2D eigenvalue weighted by Gasteiger charge is -2.12. The lowest BCUT2D eigenvalue weighted by Crippen LogP contribution is -1.96. The van der Waals surface area contributed by atoms with Gasteiger partial charge >= 0.3 is 0 Å². The molecule has 0 aromatic heterocycles. The maximum absolute atomic E-state index is 3.83. The van der Waals surface area contributed by atoms with Gasteiger partial charge in [0.05, 0.1) is 0 Å². The summed E-state index contributed by atoms with van der Waals surface area (Å²) in [5, 5.41) is 2.66. The highest BCUT2D eigenvalue weighted by molar-refractivity contribution is 14.1. The SMILES string of the molecule is BrC(Cc1cccc2ccccc12)c1ccc(I)cc1. The molecular weight excluding hydrogens is 423 g/mol. The molecule has 3 rings (SSSR count). The molecule has 0 bridgehead atoms. The van der Waals surface area contributed by atoms with Gasteiger partial charge in [-0.05, 0) is 63.0 Å². The molecule has 20 heavy (non-hydrogen) atoms. The Kier molecular flexibility index (Phi) is 4.41. The first-order valence-electron chi connectivity index (χ1n) is 6.60. The van der Waals surface area contributed by atoms with E-state index in [1.807, 2.05) is 0 Å². The first-order chi connectivity index (χ1) is 9.74. The summed E-state index contributed by atoms with van der Waals surface area (Å²) in [4.78, 5) is 0.352. The molecule has 0 saturated heterocycles. The smallest absolute Gasteiger partial charge is 0.0435 e. The van der Waals surface area contributed by atoms with Gasteiger partial charge in [-0.1, -0.05) is 70.5 Å². The van der Waals surface area contributed by atoms with Crippen LogP contribution in [0.5, 0.6) is 0 Å². The standard InChI is InChI=1S/C18H14BrI/c19-18(14-8-10-16(20)11-9-14)12-15-6-3-5-13-4-1-2-7-17(13)15/h1-11,18H,12H2. The molecule has 0 aliphatic heterocycles. The topological polar surface area (TPSA) is 0 Å². The molecule has 0 saturated carbocycles. The highest BCUT2D eigenvalue weighted by Gasteiger charge is 2.10. The van der Waals surface area contributed by atoms with Gasteiger partial charge in [0.1, 0.15) is 0 Å². The van der Waals surface area contributed by atoms with E-state index in [4.69, 9.17) is 0 Å². The van der Waals surface area contributed by atoms with Crippen molar-refractivity contribution >= 4 is 49.3 Å². The first kappa shape index (κ1) is 14.1. The van der Waals surface area contributed by atoms with Crippen molar-refractivity contribution in [2.24, 2.45) is 0 Å². The predicted octanol–water partition coefficient (Wildman–Crippen LogP) is 6.12. The minimum Gasteiger partial charge on any atom is -0.0835 e. The summed E-state index contributed by atoms with van der Waals surface area (Å²) < 4.78 is 1.27. The first-order valence-corrected chi connectivity index (χ1v) is 8.59. The lowest BCUT2D eigenvalue weighted by atomic mass is 9.98. The monoisotopic (exact) mass is 436 g/mol. The van der Waals surface area contributed by atoms with Crippen LogP contribution in [-0.4, -0.2) is 0 Å². The van der Waals surface area contributed by atoms with Crippen LogP contribution in [-0.2, 0) is 6.42 Å². The molecule has 3 aromatic rings. The Morgan fingerprint density at radius 1 is 0.850 bits per heavy atom. The van der Waals surface area contributed by atoms with E-state index in [1.54, 1.807) is 0 Å². The molecule has 3 aromatic carbocycles. The summed E-state index contributed by atoms with van der Waals surface area (Å²) in [5.41, 5.74) is 2.72. The summed E-state index contributed by atoms with van der Waals surface area (Å²) in [6.45, 7) is 0. The van der Waals surface area contributed by atoms with E-state index >= 15 is 0 Å². The molecule has 0 heterocycles. The fraction of sp³-hybridized carbons (Fsp3) is 0.111. The molecule has 100 valence electrons. The van der Waals surface area contributed by atoms with Crippen LogP contribution < -0.4 is 0 Å². The van der Waals surface area contributed by atoms with Crippen LogP contribution in [0.25, 0.3) is 10.8 Å². The Labute approximate surface area is 141 Å². The quantitative estimate of drug-likeness (QED) is 0.342. The molecule has 0 aliphatic carbocycles. The van der Waals surface area contributed by atoms with Gasteiger partial charge in [0, 0.05) is 8.40 Å². The van der Waals surface area contributed by atoms with E-state index in [1.165, 1.54) is 25.5 Å². The van der Waals surface area contributed by atoms with Crippen LogP contribution in [0.1, 0.15) is 16.0 Å². The van der Waals surface area contributed by atoms with Crippen molar-refractivity contribution in [2.75, 3.05) is 0 Å². The number of rotatable bonds is 3. The molecule has 0 amide bonds. The van der Waals surface area contributed by atoms with Crippen molar-refractivity contribution in [1.29, 1.82) is 0 Å². The summed E-state index contributed by atoms with van der Waals surface area (Å²) >= 11 is 6.17. The van der Waals surface area contributed by atoms with Gasteiger partial charge in [0.25, 0.3) is 0 Å². The van der Waals surface area contributed by atoms with Crippen LogP contribution in [0.2, 0.25) is 0 Å². The van der Waals surface area contributed by atoms with Crippen molar-refractivity contribution in [3.63, 3.8) is 0 Å². The van der Waals surface area contributed by atoms with E-state index < -0.39 is 0 Å². The van der Waals surface area contributed by atoms with Gasteiger partial charge in [0.2, 0.25) is 0 Å². The molecule has 1 atom stereocenters. The van der Waals surface area contributed by atoms with E-state index in [0.717, 1.165) is 6.42 Å². The van der Waals surface area contributed by atoms with Gasteiger partial charge < -0.3 is 0 Å². The third kappa shape index (κ3) is 3.07. The average molecular weight is 437 g/mol. The number of hydrogen-bond acceptors (Lipinski definition) is 0. The molecule has 1 unspecified atom stereocenters. The number of fused-ring (bicyclic) bond motifs is 1. The van der Waals surface area contributed by atoms with Gasteiger partial charge in [0.15, 0.2) is 0 Å². The number of benzene rings is 3. The summed E-state index contributed by atoms with van der Waals surface area (Å²) in [6.07, 6.45) is 1.00. The van der Waals surface area contributed by atoms with E-state index in [-0.39, 0.29) is 0 Å². The average Bonchev–Trinajstić information content (AvgIpc) is 2.48. The van der Waals surface area contributed by atoms with E-state index in [9.17, 15) is 0 Å². The van der Waals surface area contributed by atoms with Gasteiger partial charge in [-0.3, -0.25) is 0 Å². The predicted molar refractivity (Wildman–Crippen MR) is 98.5 cm³/mol. The van der Waals surface area contributed by atoms with Gasteiger partial charge in [-0.25, -0.2) is 0 Å². The Balaban J connectivity index is 1.91. The second-order valence-corrected chi connectivity index (χ2v) is 7.21. The molecule has 0 fully saturated rings. The van der Waals surface area contributed by atoms with Gasteiger partial charge in [-0.2, -0.15) is 0 Å². The Hall–Kier alpha value is -0.870. The van der Waals surface area contributed by atoms with Gasteiger partial charge in [-0.15, -0.1) is 0 Å². The van der Waals surface area contributed by atoms with Crippen molar-refractivity contribution in [3.8, 4) is 0 Å². The van der Waals surface area contributed by atoms with E-state index in [0.29, 0.717) is 4.83 Å². The summed E-state index contributed by atoms with van der Waals surface area (Å²) in [7, 11) is 0. The zero-order chi connectivity index (χ0) is 13.9. The van der Waals surface area contributed by atoms with Crippen LogP contribution in [0.4, 0.5) is 0 Å². The van der Waals surface area contributed by atoms with Crippen molar-refractivity contribution in [1.82, 2.24) is 0 Å². The molecule has 0 spiro atoms. The van der Waals surface area contributed by atoms with Crippen LogP contribution in [0.15, 0.2) is 66.7 Å². The minimum absolute atomic E-state index is 0.352. The zero-order valence-corrected chi connectivity index (χ0v) is 14.6. The Morgan fingerprint density at radius 3 is 2.35 bits per heavy atom. The summed E-state index contributed by atoms with van der Waals surface area (Å²) in [6, 6.07) is 23.8. The summed E-state index contributed by atoms with van der Waals surface area (Å²) in [5.74, 6) is 0. The van der Waals surface area contributed by atoms with Crippen LogP contribution >= 0.6 is 38.5 Å². The highest BCUT2D eigenvalue weighted by atomic mass is 127. The van der Waals surface area contributed by atoms with Crippen LogP contribution in [0, 0.1) is 3.57 Å². The molecule has 0 radical (unpaired) electrons. The Bertz CT molecular complexity index is 714. The number of halogens is 2. The maximum Gasteiger partial charge on any atom is 0.0435 e. The van der Waals surface area contributed by atoms with Crippen molar-refractivity contribution in [2.45, 2.75) is 11.2 Å². The Morgan fingerprint density at radius 2 is 1.55 bits per heavy atom. The lowest BCUT2D eigenvalue weighted by molar-refractivity contribution is 0.957. The zero-order valence-electron chi connectivity index (χ0n) is 10.9. The molecule has 0 aliphatic rings. The second-order valence-electron chi connectivity index (χ2n) is 4.86. The van der Waals surface area contributed by atoms with Crippen molar-refractivity contribution in [3.05, 3.63) is 81.4 Å². The van der Waals surface area contributed by atoms with E-state index in [2.05, 4.69) is 105 Å². The molecule has 0 N–H and O–H groups in total. The fourth-order valence-electron chi connectivity index (χ4n) is 2.45. The molecule has 2 heteroatoms. The normalized spacial score (nSPS) is 12.5. The number of alkyl halides is 1. The van der Waals surface area contributed by atoms with Crippen molar-refractivity contribution < 1.29 is 0 Å². The molecule has 0 nitrogen and oxygen atoms in total.